The minimum absolute atomic E-state index is 0.205. The summed E-state index contributed by atoms with van der Waals surface area (Å²) < 4.78 is 11.0. The molecule has 1 heterocycles. The molecule has 9 nitrogen and oxygen atoms in total. The third kappa shape index (κ3) is 29.5. The Kier molecular flexibility index (Phi) is 36.6. The number of amides is 1. The highest BCUT2D eigenvalue weighted by molar-refractivity contribution is 5.76. The summed E-state index contributed by atoms with van der Waals surface area (Å²) in [6.07, 6.45) is 41.6. The fourth-order valence-electron chi connectivity index (χ4n) is 7.69. The number of ether oxygens (including phenoxy) is 2. The maximum absolute atomic E-state index is 12.3. The molecule has 336 valence electrons. The molecule has 0 aromatic carbocycles. The van der Waals surface area contributed by atoms with Gasteiger partial charge in [-0.3, -0.25) is 4.79 Å². The van der Waals surface area contributed by atoms with Crippen LogP contribution in [-0.4, -0.2) is 87.5 Å². The molecule has 1 rings (SSSR count). The lowest BCUT2D eigenvalue weighted by Crippen LogP contribution is -2.60. The lowest BCUT2D eigenvalue weighted by Gasteiger charge is -2.40. The molecular formula is C48H91NO8. The number of aliphatic hydroxyl groups excluding tert-OH is 5. The molecule has 0 bridgehead atoms. The van der Waals surface area contributed by atoms with Crippen LogP contribution < -0.4 is 5.32 Å². The van der Waals surface area contributed by atoms with Crippen LogP contribution in [0.5, 0.6) is 0 Å². The summed E-state index contributed by atoms with van der Waals surface area (Å²) in [6, 6.07) is -0.813. The van der Waals surface area contributed by atoms with Gasteiger partial charge in [0.05, 0.1) is 25.4 Å². The Morgan fingerprint density at radius 2 is 1.00 bits per heavy atom. The zero-order chi connectivity index (χ0) is 41.6. The molecule has 0 aromatic heterocycles. The first kappa shape index (κ1) is 53.7. The molecule has 0 aromatic rings. The summed E-state index contributed by atoms with van der Waals surface area (Å²) in [7, 11) is 0. The quantitative estimate of drug-likeness (QED) is 0.0265. The number of hydrogen-bond acceptors (Lipinski definition) is 8. The van der Waals surface area contributed by atoms with Gasteiger partial charge >= 0.3 is 0 Å². The smallest absolute Gasteiger partial charge is 0.220 e. The van der Waals surface area contributed by atoms with Gasteiger partial charge in [-0.15, -0.1) is 0 Å². The second-order valence-corrected chi connectivity index (χ2v) is 16.9. The molecule has 1 fully saturated rings. The summed E-state index contributed by atoms with van der Waals surface area (Å²) in [6.45, 7) is 3.40. The lowest BCUT2D eigenvalue weighted by molar-refractivity contribution is -0.302. The van der Waals surface area contributed by atoms with E-state index in [1.807, 2.05) is 13.0 Å². The fraction of sp³-hybridized carbons (Fsp3) is 0.896. The molecule has 6 N–H and O–H groups in total. The van der Waals surface area contributed by atoms with Gasteiger partial charge in [0.25, 0.3) is 0 Å². The average Bonchev–Trinajstić information content (AvgIpc) is 3.20. The number of unbranched alkanes of at least 4 members (excludes halogenated alkanes) is 28. The molecule has 0 saturated carbocycles. The number of carbonyl (C=O) groups is 1. The summed E-state index contributed by atoms with van der Waals surface area (Å²) in [5.74, 6) is -0.239. The summed E-state index contributed by atoms with van der Waals surface area (Å²) in [4.78, 5) is 12.3. The number of nitrogens with one attached hydrogen (secondary N) is 1. The number of aliphatic hydroxyl groups is 5. The number of carbonyl (C=O) groups excluding carboxylic acids is 1. The minimum atomic E-state index is -1.57. The third-order valence-electron chi connectivity index (χ3n) is 11.5. The normalized spacial score (nSPS) is 21.1. The Morgan fingerprint density at radius 3 is 1.44 bits per heavy atom. The second kappa shape index (κ2) is 38.8. The molecule has 9 heteroatoms. The highest BCUT2D eigenvalue weighted by Gasteiger charge is 2.44. The number of allylic oxidation sites excluding steroid dienone is 3. The van der Waals surface area contributed by atoms with E-state index in [0.717, 1.165) is 19.3 Å². The third-order valence-corrected chi connectivity index (χ3v) is 11.5. The van der Waals surface area contributed by atoms with Crippen LogP contribution in [0.25, 0.3) is 0 Å². The van der Waals surface area contributed by atoms with Gasteiger partial charge < -0.3 is 40.3 Å². The summed E-state index contributed by atoms with van der Waals surface area (Å²) in [5, 5.41) is 53.3. The standard InChI is InChI=1S/C48H91NO8/c1-3-5-6-7-8-9-10-11-12-13-14-15-16-17-18-19-20-21-22-23-24-25-26-27-28-29-30-31-32-33-34-35-36-38-42(51)41(49-44(52)37-4-2)40-56-48-47(55)46(54)45(53)43(39-50)57-48/h32-33,36,38,41-43,45-48,50-51,53-55H,3-31,34-35,37,39-40H2,1-2H3,(H,49,52)/b33-32+,38-36+. The van der Waals surface area contributed by atoms with Gasteiger partial charge in [-0.25, -0.2) is 0 Å². The van der Waals surface area contributed by atoms with Crippen molar-refractivity contribution >= 4 is 5.91 Å². The second-order valence-electron chi connectivity index (χ2n) is 16.9. The molecule has 57 heavy (non-hydrogen) atoms. The number of hydrogen-bond donors (Lipinski definition) is 6. The molecule has 1 amide bonds. The summed E-state index contributed by atoms with van der Waals surface area (Å²) >= 11 is 0. The largest absolute Gasteiger partial charge is 0.394 e. The van der Waals surface area contributed by atoms with E-state index in [4.69, 9.17) is 9.47 Å². The van der Waals surface area contributed by atoms with Gasteiger partial charge in [0, 0.05) is 6.42 Å². The fourth-order valence-corrected chi connectivity index (χ4v) is 7.69. The van der Waals surface area contributed by atoms with Crippen molar-refractivity contribution in [1.29, 1.82) is 0 Å². The van der Waals surface area contributed by atoms with Crippen LogP contribution in [0, 0.1) is 0 Å². The predicted molar refractivity (Wildman–Crippen MR) is 235 cm³/mol. The Balaban J connectivity index is 1.97. The van der Waals surface area contributed by atoms with E-state index >= 15 is 0 Å². The van der Waals surface area contributed by atoms with Crippen LogP contribution in [0.15, 0.2) is 24.3 Å². The highest BCUT2D eigenvalue weighted by Crippen LogP contribution is 2.23. The molecule has 1 saturated heterocycles. The van der Waals surface area contributed by atoms with Gasteiger partial charge in [-0.2, -0.15) is 0 Å². The zero-order valence-electron chi connectivity index (χ0n) is 36.9. The Bertz CT molecular complexity index is 945. The van der Waals surface area contributed by atoms with Crippen molar-refractivity contribution in [2.45, 2.75) is 262 Å². The van der Waals surface area contributed by atoms with Crippen LogP contribution in [0.2, 0.25) is 0 Å². The van der Waals surface area contributed by atoms with Crippen LogP contribution in [0.4, 0.5) is 0 Å². The van der Waals surface area contributed by atoms with Crippen molar-refractivity contribution in [3.05, 3.63) is 24.3 Å². The monoisotopic (exact) mass is 810 g/mol. The maximum Gasteiger partial charge on any atom is 0.220 e. The van der Waals surface area contributed by atoms with Crippen LogP contribution in [-0.2, 0) is 14.3 Å². The van der Waals surface area contributed by atoms with Crippen LogP contribution in [0.1, 0.15) is 219 Å². The van der Waals surface area contributed by atoms with E-state index in [0.29, 0.717) is 6.42 Å². The molecule has 7 unspecified atom stereocenters. The van der Waals surface area contributed by atoms with Gasteiger partial charge in [0.15, 0.2) is 6.29 Å². The summed E-state index contributed by atoms with van der Waals surface area (Å²) in [5.41, 5.74) is 0. The maximum atomic E-state index is 12.3. The molecule has 1 aliphatic heterocycles. The predicted octanol–water partition coefficient (Wildman–Crippen LogP) is 10.3. The first-order valence-corrected chi connectivity index (χ1v) is 24.1. The van der Waals surface area contributed by atoms with Gasteiger partial charge in [0.2, 0.25) is 5.91 Å². The Hall–Kier alpha value is -1.33. The molecule has 0 aliphatic carbocycles. The van der Waals surface area contributed by atoms with Crippen molar-refractivity contribution < 1.29 is 39.8 Å². The lowest BCUT2D eigenvalue weighted by atomic mass is 9.99. The minimum Gasteiger partial charge on any atom is -0.394 e. The zero-order valence-corrected chi connectivity index (χ0v) is 36.9. The van der Waals surface area contributed by atoms with E-state index in [1.54, 1.807) is 6.08 Å². The molecule has 7 atom stereocenters. The molecule has 0 radical (unpaired) electrons. The van der Waals surface area contributed by atoms with Crippen molar-refractivity contribution in [2.75, 3.05) is 13.2 Å². The topological polar surface area (TPSA) is 149 Å². The SMILES string of the molecule is CCCCCCCCCCCCCCCCCCCCCCCCCCCCC/C=C/CC/C=C/C(O)C(COC1OC(CO)C(O)C(O)C1O)NC(=O)CCC. The van der Waals surface area contributed by atoms with E-state index in [1.165, 1.54) is 173 Å². The Morgan fingerprint density at radius 1 is 0.579 bits per heavy atom. The molecule has 0 spiro atoms. The first-order chi connectivity index (χ1) is 27.8. The Labute approximate surface area is 349 Å². The van der Waals surface area contributed by atoms with Crippen molar-refractivity contribution in [3.8, 4) is 0 Å². The highest BCUT2D eigenvalue weighted by atomic mass is 16.7. The number of rotatable bonds is 40. The van der Waals surface area contributed by atoms with Crippen molar-refractivity contribution in [3.63, 3.8) is 0 Å². The van der Waals surface area contributed by atoms with Crippen LogP contribution in [0.3, 0.4) is 0 Å². The average molecular weight is 810 g/mol. The first-order valence-electron chi connectivity index (χ1n) is 24.1. The van der Waals surface area contributed by atoms with E-state index < -0.39 is 49.5 Å². The van der Waals surface area contributed by atoms with Gasteiger partial charge in [-0.05, 0) is 32.1 Å². The van der Waals surface area contributed by atoms with E-state index in [2.05, 4.69) is 24.4 Å². The molecular weight excluding hydrogens is 719 g/mol. The van der Waals surface area contributed by atoms with Gasteiger partial charge in [-0.1, -0.05) is 205 Å². The van der Waals surface area contributed by atoms with Crippen molar-refractivity contribution in [2.24, 2.45) is 0 Å². The van der Waals surface area contributed by atoms with E-state index in [9.17, 15) is 30.3 Å². The molecule has 1 aliphatic rings. The van der Waals surface area contributed by atoms with Crippen LogP contribution >= 0.6 is 0 Å². The van der Waals surface area contributed by atoms with Crippen molar-refractivity contribution in [1.82, 2.24) is 5.32 Å². The van der Waals surface area contributed by atoms with Gasteiger partial charge in [0.1, 0.15) is 24.4 Å². The van der Waals surface area contributed by atoms with E-state index in [-0.39, 0.29) is 18.9 Å².